The first-order valence-electron chi connectivity index (χ1n) is 10.6. The molecule has 1 heterocycles. The highest BCUT2D eigenvalue weighted by atomic mass is 16.5. The highest BCUT2D eigenvalue weighted by Gasteiger charge is 2.24. The Labute approximate surface area is 180 Å². The number of hydrogen-bond donors (Lipinski definition) is 0. The second kappa shape index (κ2) is 9.62. The molecule has 1 unspecified atom stereocenters. The summed E-state index contributed by atoms with van der Waals surface area (Å²) in [5, 5.41) is 0. The van der Waals surface area contributed by atoms with E-state index in [4.69, 9.17) is 4.74 Å². The van der Waals surface area contributed by atoms with Crippen molar-refractivity contribution in [3.63, 3.8) is 0 Å². The van der Waals surface area contributed by atoms with Crippen molar-refractivity contribution in [1.82, 2.24) is 4.57 Å². The SMILES string of the molecule is C=Cc1ccc(CC(C(=O)c2ccn(C)c2)C(C)C)cc1-c1cccc(OCC)c1. The summed E-state index contributed by atoms with van der Waals surface area (Å²) in [6.45, 7) is 10.8. The van der Waals surface area contributed by atoms with Crippen molar-refractivity contribution in [2.45, 2.75) is 27.2 Å². The van der Waals surface area contributed by atoms with Crippen molar-refractivity contribution in [3.8, 4) is 16.9 Å². The minimum atomic E-state index is -0.0652. The van der Waals surface area contributed by atoms with Crippen molar-refractivity contribution in [2.75, 3.05) is 6.61 Å². The molecule has 0 spiro atoms. The van der Waals surface area contributed by atoms with E-state index in [2.05, 4.69) is 50.8 Å². The van der Waals surface area contributed by atoms with Gasteiger partial charge in [-0.05, 0) is 59.7 Å². The average molecular weight is 402 g/mol. The van der Waals surface area contributed by atoms with E-state index in [0.29, 0.717) is 13.0 Å². The van der Waals surface area contributed by atoms with Crippen molar-refractivity contribution in [2.24, 2.45) is 18.9 Å². The van der Waals surface area contributed by atoms with Crippen LogP contribution in [-0.4, -0.2) is 17.0 Å². The zero-order valence-electron chi connectivity index (χ0n) is 18.4. The molecule has 3 heteroatoms. The summed E-state index contributed by atoms with van der Waals surface area (Å²) in [5.41, 5.74) is 5.21. The van der Waals surface area contributed by atoms with Crippen LogP contribution in [0.1, 0.15) is 42.3 Å². The molecule has 0 N–H and O–H groups in total. The number of benzene rings is 2. The molecule has 3 rings (SSSR count). The number of aromatic nitrogens is 1. The van der Waals surface area contributed by atoms with Gasteiger partial charge in [-0.15, -0.1) is 0 Å². The lowest BCUT2D eigenvalue weighted by Crippen LogP contribution is -2.22. The third-order valence-corrected chi connectivity index (χ3v) is 5.51. The number of hydrogen-bond acceptors (Lipinski definition) is 2. The van der Waals surface area contributed by atoms with Crippen LogP contribution in [-0.2, 0) is 13.5 Å². The van der Waals surface area contributed by atoms with Crippen LogP contribution >= 0.6 is 0 Å². The van der Waals surface area contributed by atoms with Gasteiger partial charge in [-0.2, -0.15) is 0 Å². The molecule has 1 atom stereocenters. The fourth-order valence-corrected chi connectivity index (χ4v) is 3.83. The van der Waals surface area contributed by atoms with Crippen LogP contribution in [0.15, 0.2) is 67.5 Å². The quantitative estimate of drug-likeness (QED) is 0.387. The Morgan fingerprint density at radius 3 is 2.60 bits per heavy atom. The van der Waals surface area contributed by atoms with Gasteiger partial charge in [0.15, 0.2) is 5.78 Å². The fraction of sp³-hybridized carbons (Fsp3) is 0.296. The van der Waals surface area contributed by atoms with E-state index in [1.807, 2.05) is 55.2 Å². The van der Waals surface area contributed by atoms with Crippen molar-refractivity contribution >= 4 is 11.9 Å². The Morgan fingerprint density at radius 1 is 1.17 bits per heavy atom. The lowest BCUT2D eigenvalue weighted by Gasteiger charge is -2.20. The number of carbonyl (C=O) groups excluding carboxylic acids is 1. The molecule has 0 aliphatic carbocycles. The third kappa shape index (κ3) is 4.91. The molecule has 2 aromatic carbocycles. The van der Waals surface area contributed by atoms with Crippen LogP contribution in [0.25, 0.3) is 17.2 Å². The molecule has 0 saturated heterocycles. The summed E-state index contributed by atoms with van der Waals surface area (Å²) >= 11 is 0. The summed E-state index contributed by atoms with van der Waals surface area (Å²) in [4.78, 5) is 13.2. The molecule has 0 bridgehead atoms. The van der Waals surface area contributed by atoms with Gasteiger partial charge in [0.25, 0.3) is 0 Å². The van der Waals surface area contributed by atoms with E-state index in [1.165, 1.54) is 0 Å². The number of aryl methyl sites for hydroxylation is 1. The van der Waals surface area contributed by atoms with Gasteiger partial charge in [0, 0.05) is 30.9 Å². The predicted molar refractivity (Wildman–Crippen MR) is 125 cm³/mol. The molecule has 0 aliphatic heterocycles. The molecular formula is C27H31NO2. The van der Waals surface area contributed by atoms with E-state index >= 15 is 0 Å². The van der Waals surface area contributed by atoms with E-state index in [1.54, 1.807) is 0 Å². The number of nitrogens with zero attached hydrogens (tertiary/aromatic N) is 1. The van der Waals surface area contributed by atoms with Crippen LogP contribution in [0.3, 0.4) is 0 Å². The molecule has 0 fully saturated rings. The molecule has 0 radical (unpaired) electrons. The van der Waals surface area contributed by atoms with Crippen molar-refractivity contribution < 1.29 is 9.53 Å². The monoisotopic (exact) mass is 401 g/mol. The normalized spacial score (nSPS) is 12.0. The van der Waals surface area contributed by atoms with Gasteiger partial charge in [0.1, 0.15) is 5.75 Å². The molecule has 0 amide bonds. The summed E-state index contributed by atoms with van der Waals surface area (Å²) < 4.78 is 7.60. The highest BCUT2D eigenvalue weighted by Crippen LogP contribution is 2.31. The van der Waals surface area contributed by atoms with E-state index in [-0.39, 0.29) is 17.6 Å². The van der Waals surface area contributed by atoms with E-state index in [0.717, 1.165) is 33.6 Å². The smallest absolute Gasteiger partial charge is 0.168 e. The predicted octanol–water partition coefficient (Wildman–Crippen LogP) is 6.43. The molecule has 156 valence electrons. The highest BCUT2D eigenvalue weighted by molar-refractivity contribution is 5.98. The maximum absolute atomic E-state index is 13.2. The van der Waals surface area contributed by atoms with Crippen molar-refractivity contribution in [3.05, 3.63) is 84.2 Å². The lowest BCUT2D eigenvalue weighted by atomic mass is 9.83. The largest absolute Gasteiger partial charge is 0.494 e. The Hall–Kier alpha value is -3.07. The average Bonchev–Trinajstić information content (AvgIpc) is 3.18. The lowest BCUT2D eigenvalue weighted by molar-refractivity contribution is 0.0885. The van der Waals surface area contributed by atoms with Crippen LogP contribution in [0.4, 0.5) is 0 Å². The van der Waals surface area contributed by atoms with Crippen LogP contribution in [0, 0.1) is 11.8 Å². The number of carbonyl (C=O) groups is 1. The number of ether oxygens (including phenoxy) is 1. The molecule has 0 aliphatic rings. The van der Waals surface area contributed by atoms with Gasteiger partial charge < -0.3 is 9.30 Å². The molecule has 3 nitrogen and oxygen atoms in total. The van der Waals surface area contributed by atoms with Gasteiger partial charge in [-0.25, -0.2) is 0 Å². The second-order valence-corrected chi connectivity index (χ2v) is 8.07. The van der Waals surface area contributed by atoms with Crippen LogP contribution < -0.4 is 4.74 Å². The summed E-state index contributed by atoms with van der Waals surface area (Å²) in [6.07, 6.45) is 6.42. The number of ketones is 1. The molecule has 3 aromatic rings. The van der Waals surface area contributed by atoms with Crippen LogP contribution in [0.2, 0.25) is 0 Å². The second-order valence-electron chi connectivity index (χ2n) is 8.07. The van der Waals surface area contributed by atoms with E-state index < -0.39 is 0 Å². The van der Waals surface area contributed by atoms with E-state index in [9.17, 15) is 4.79 Å². The Morgan fingerprint density at radius 2 is 1.97 bits per heavy atom. The molecule has 30 heavy (non-hydrogen) atoms. The maximum atomic E-state index is 13.2. The number of Topliss-reactive ketones (excluding diaryl/α,β-unsaturated/α-hetero) is 1. The molecule has 1 aromatic heterocycles. The number of rotatable bonds is 9. The van der Waals surface area contributed by atoms with Gasteiger partial charge in [-0.1, -0.05) is 56.8 Å². The maximum Gasteiger partial charge on any atom is 0.168 e. The summed E-state index contributed by atoms with van der Waals surface area (Å²) in [7, 11) is 1.94. The zero-order chi connectivity index (χ0) is 21.7. The Bertz CT molecular complexity index is 1030. The van der Waals surface area contributed by atoms with Gasteiger partial charge in [0.05, 0.1) is 6.61 Å². The minimum Gasteiger partial charge on any atom is -0.494 e. The summed E-state index contributed by atoms with van der Waals surface area (Å²) in [5.74, 6) is 1.25. The third-order valence-electron chi connectivity index (χ3n) is 5.51. The Kier molecular flexibility index (Phi) is 6.94. The van der Waals surface area contributed by atoms with Gasteiger partial charge in [0.2, 0.25) is 0 Å². The Balaban J connectivity index is 1.94. The van der Waals surface area contributed by atoms with Crippen molar-refractivity contribution in [1.29, 1.82) is 0 Å². The first-order valence-corrected chi connectivity index (χ1v) is 10.6. The van der Waals surface area contributed by atoms with Gasteiger partial charge >= 0.3 is 0 Å². The first-order chi connectivity index (χ1) is 14.4. The molecular weight excluding hydrogens is 370 g/mol. The molecule has 0 saturated carbocycles. The topological polar surface area (TPSA) is 31.2 Å². The van der Waals surface area contributed by atoms with Gasteiger partial charge in [-0.3, -0.25) is 4.79 Å². The minimum absolute atomic E-state index is 0.0652. The zero-order valence-corrected chi connectivity index (χ0v) is 18.4. The van der Waals surface area contributed by atoms with Crippen LogP contribution in [0.5, 0.6) is 5.75 Å². The first kappa shape index (κ1) is 21.6. The summed E-state index contributed by atoms with van der Waals surface area (Å²) in [6, 6.07) is 16.4. The fourth-order valence-electron chi connectivity index (χ4n) is 3.83. The standard InChI is InChI=1S/C27H31NO2/c1-6-21-12-11-20(16-26(21)22-9-8-10-24(17-22)30-7-2)15-25(19(3)4)27(29)23-13-14-28(5)18-23/h6,8-14,16-19,25H,1,7,15H2,2-5H3.